The summed E-state index contributed by atoms with van der Waals surface area (Å²) in [5.41, 5.74) is 5.50. The van der Waals surface area contributed by atoms with Crippen molar-refractivity contribution in [1.82, 2.24) is 5.32 Å². The molecular formula is C23H17NO2. The van der Waals surface area contributed by atoms with Crippen LogP contribution in [0.1, 0.15) is 22.7 Å². The standard InChI is InChI=1S/C23H17NO2/c25-23-20(15-6-2-1-3-7-15)12-16-10-11-17(13-21(16)26-23)22-19-9-5-4-8-18(19)14-24-22/h1-13,22,24H,14H2. The third kappa shape index (κ3) is 2.45. The lowest BCUT2D eigenvalue weighted by Gasteiger charge is -2.13. The van der Waals surface area contributed by atoms with E-state index in [1.165, 1.54) is 11.1 Å². The van der Waals surface area contributed by atoms with E-state index in [2.05, 4.69) is 35.6 Å². The minimum absolute atomic E-state index is 0.134. The van der Waals surface area contributed by atoms with Crippen LogP contribution >= 0.6 is 0 Å². The summed E-state index contributed by atoms with van der Waals surface area (Å²) >= 11 is 0. The highest BCUT2D eigenvalue weighted by molar-refractivity contribution is 5.82. The first-order chi connectivity index (χ1) is 12.8. The van der Waals surface area contributed by atoms with Crippen molar-refractivity contribution in [3.05, 3.63) is 106 Å². The van der Waals surface area contributed by atoms with Crippen LogP contribution in [0, 0.1) is 0 Å². The molecule has 26 heavy (non-hydrogen) atoms. The van der Waals surface area contributed by atoms with E-state index in [4.69, 9.17) is 4.42 Å². The quantitative estimate of drug-likeness (QED) is 0.540. The van der Waals surface area contributed by atoms with Crippen molar-refractivity contribution in [3.63, 3.8) is 0 Å². The van der Waals surface area contributed by atoms with Gasteiger partial charge in [0.25, 0.3) is 0 Å². The van der Waals surface area contributed by atoms with Crippen molar-refractivity contribution in [2.45, 2.75) is 12.6 Å². The maximum absolute atomic E-state index is 12.5. The smallest absolute Gasteiger partial charge is 0.344 e. The van der Waals surface area contributed by atoms with Gasteiger partial charge in [0.05, 0.1) is 11.6 Å². The molecule has 0 fully saturated rings. The van der Waals surface area contributed by atoms with Crippen LogP contribution in [0.4, 0.5) is 0 Å². The Balaban J connectivity index is 1.61. The van der Waals surface area contributed by atoms with Crippen molar-refractivity contribution in [2.75, 3.05) is 0 Å². The minimum Gasteiger partial charge on any atom is -0.422 e. The van der Waals surface area contributed by atoms with Crippen molar-refractivity contribution in [1.29, 1.82) is 0 Å². The van der Waals surface area contributed by atoms with Gasteiger partial charge in [-0.15, -0.1) is 0 Å². The molecule has 0 spiro atoms. The molecule has 4 aromatic rings. The molecule has 1 atom stereocenters. The second-order valence-electron chi connectivity index (χ2n) is 6.62. The average molecular weight is 339 g/mol. The van der Waals surface area contributed by atoms with Gasteiger partial charge >= 0.3 is 5.63 Å². The van der Waals surface area contributed by atoms with Crippen molar-refractivity contribution in [3.8, 4) is 11.1 Å². The lowest BCUT2D eigenvalue weighted by Crippen LogP contribution is -2.13. The number of rotatable bonds is 2. The third-order valence-electron chi connectivity index (χ3n) is 5.04. The van der Waals surface area contributed by atoms with Crippen LogP contribution in [0.5, 0.6) is 0 Å². The Kier molecular flexibility index (Phi) is 3.47. The molecule has 1 aliphatic rings. The van der Waals surface area contributed by atoms with Crippen LogP contribution in [0.25, 0.3) is 22.1 Å². The van der Waals surface area contributed by atoms with Gasteiger partial charge in [0.2, 0.25) is 0 Å². The molecule has 0 saturated heterocycles. The highest BCUT2D eigenvalue weighted by Gasteiger charge is 2.23. The molecule has 0 bridgehead atoms. The molecule has 1 aliphatic heterocycles. The summed E-state index contributed by atoms with van der Waals surface area (Å²) in [5, 5.41) is 4.46. The fourth-order valence-electron chi connectivity index (χ4n) is 3.72. The lowest BCUT2D eigenvalue weighted by atomic mass is 9.97. The molecule has 0 aliphatic carbocycles. The van der Waals surface area contributed by atoms with Gasteiger partial charge in [-0.1, -0.05) is 66.7 Å². The van der Waals surface area contributed by atoms with Crippen LogP contribution in [0.15, 0.2) is 88.1 Å². The Morgan fingerprint density at radius 2 is 1.69 bits per heavy atom. The molecular weight excluding hydrogens is 322 g/mol. The molecule has 5 rings (SSSR count). The first kappa shape index (κ1) is 15.1. The van der Waals surface area contributed by atoms with E-state index in [9.17, 15) is 4.79 Å². The van der Waals surface area contributed by atoms with Gasteiger partial charge in [-0.2, -0.15) is 0 Å². The SMILES string of the molecule is O=c1oc2cc(C3NCc4ccccc43)ccc2cc1-c1ccccc1. The topological polar surface area (TPSA) is 42.2 Å². The first-order valence-corrected chi connectivity index (χ1v) is 8.74. The number of hydrogen-bond acceptors (Lipinski definition) is 3. The van der Waals surface area contributed by atoms with Crippen molar-refractivity contribution < 1.29 is 4.42 Å². The van der Waals surface area contributed by atoms with E-state index in [0.717, 1.165) is 23.1 Å². The highest BCUT2D eigenvalue weighted by Crippen LogP contribution is 2.32. The van der Waals surface area contributed by atoms with Crippen LogP contribution in [0.2, 0.25) is 0 Å². The van der Waals surface area contributed by atoms with E-state index in [1.54, 1.807) is 0 Å². The maximum atomic E-state index is 12.5. The zero-order chi connectivity index (χ0) is 17.5. The molecule has 1 N–H and O–H groups in total. The summed E-state index contributed by atoms with van der Waals surface area (Å²) in [4.78, 5) is 12.5. The van der Waals surface area contributed by atoms with E-state index in [-0.39, 0.29) is 11.7 Å². The Hall–Kier alpha value is -3.17. The van der Waals surface area contributed by atoms with Gasteiger partial charge in [-0.25, -0.2) is 4.79 Å². The number of nitrogens with one attached hydrogen (secondary N) is 1. The zero-order valence-corrected chi connectivity index (χ0v) is 14.1. The third-order valence-corrected chi connectivity index (χ3v) is 5.04. The normalized spacial score (nSPS) is 15.9. The molecule has 3 nitrogen and oxygen atoms in total. The molecule has 0 radical (unpaired) electrons. The summed E-state index contributed by atoms with van der Waals surface area (Å²) < 4.78 is 5.65. The second kappa shape index (κ2) is 5.97. The minimum atomic E-state index is -0.305. The largest absolute Gasteiger partial charge is 0.422 e. The first-order valence-electron chi connectivity index (χ1n) is 8.74. The van der Waals surface area contributed by atoms with Crippen molar-refractivity contribution >= 4 is 11.0 Å². The van der Waals surface area contributed by atoms with Crippen LogP contribution in [-0.2, 0) is 6.54 Å². The predicted molar refractivity (Wildman–Crippen MR) is 103 cm³/mol. The monoisotopic (exact) mass is 339 g/mol. The lowest BCUT2D eigenvalue weighted by molar-refractivity contribution is 0.562. The number of hydrogen-bond donors (Lipinski definition) is 1. The number of benzene rings is 3. The molecule has 3 aromatic carbocycles. The average Bonchev–Trinajstić information content (AvgIpc) is 3.12. The summed E-state index contributed by atoms with van der Waals surface area (Å²) in [6.07, 6.45) is 0. The fraction of sp³-hybridized carbons (Fsp3) is 0.0870. The van der Waals surface area contributed by atoms with E-state index >= 15 is 0 Å². The molecule has 0 saturated carbocycles. The molecule has 126 valence electrons. The summed E-state index contributed by atoms with van der Waals surface area (Å²) in [7, 11) is 0. The Labute approximate surface area is 150 Å². The summed E-state index contributed by atoms with van der Waals surface area (Å²) in [6, 6.07) is 26.2. The Morgan fingerprint density at radius 3 is 2.58 bits per heavy atom. The molecule has 1 aromatic heterocycles. The van der Waals surface area contributed by atoms with Crippen LogP contribution in [0.3, 0.4) is 0 Å². The van der Waals surface area contributed by atoms with Gasteiger partial charge in [-0.3, -0.25) is 0 Å². The van der Waals surface area contributed by atoms with E-state index in [0.29, 0.717) is 11.1 Å². The predicted octanol–water partition coefficient (Wildman–Crippen LogP) is 4.65. The zero-order valence-electron chi connectivity index (χ0n) is 14.1. The Morgan fingerprint density at radius 1 is 0.885 bits per heavy atom. The summed E-state index contributed by atoms with van der Waals surface area (Å²) in [5.74, 6) is 0. The summed E-state index contributed by atoms with van der Waals surface area (Å²) in [6.45, 7) is 0.857. The van der Waals surface area contributed by atoms with Crippen LogP contribution < -0.4 is 10.9 Å². The van der Waals surface area contributed by atoms with E-state index < -0.39 is 0 Å². The maximum Gasteiger partial charge on any atom is 0.344 e. The van der Waals surface area contributed by atoms with E-state index in [1.807, 2.05) is 48.5 Å². The second-order valence-corrected chi connectivity index (χ2v) is 6.62. The Bertz CT molecular complexity index is 1160. The fourth-order valence-corrected chi connectivity index (χ4v) is 3.72. The molecule has 2 heterocycles. The molecule has 0 amide bonds. The molecule has 3 heteroatoms. The van der Waals surface area contributed by atoms with Gasteiger partial charge in [0, 0.05) is 11.9 Å². The van der Waals surface area contributed by atoms with Crippen LogP contribution in [-0.4, -0.2) is 0 Å². The van der Waals surface area contributed by atoms with Gasteiger partial charge in [0.1, 0.15) is 5.58 Å². The van der Waals surface area contributed by atoms with Gasteiger partial charge in [0.15, 0.2) is 0 Å². The molecule has 1 unspecified atom stereocenters. The van der Waals surface area contributed by atoms with Crippen molar-refractivity contribution in [2.24, 2.45) is 0 Å². The number of fused-ring (bicyclic) bond motifs is 2. The van der Waals surface area contributed by atoms with Gasteiger partial charge < -0.3 is 9.73 Å². The highest BCUT2D eigenvalue weighted by atomic mass is 16.4. The van der Waals surface area contributed by atoms with Gasteiger partial charge in [-0.05, 0) is 34.4 Å².